The first-order chi connectivity index (χ1) is 7.65. The Morgan fingerprint density at radius 3 is 2.81 bits per heavy atom. The van der Waals surface area contributed by atoms with Crippen molar-refractivity contribution in [2.75, 3.05) is 7.11 Å². The second kappa shape index (κ2) is 6.25. The summed E-state index contributed by atoms with van der Waals surface area (Å²) in [5.41, 5.74) is 5.04. The third-order valence-electron chi connectivity index (χ3n) is 2.32. The van der Waals surface area contributed by atoms with Crippen molar-refractivity contribution in [3.05, 3.63) is 36.0 Å². The highest BCUT2D eigenvalue weighted by atomic mass is 16.5. The Morgan fingerprint density at radius 1 is 1.62 bits per heavy atom. The van der Waals surface area contributed by atoms with E-state index in [-0.39, 0.29) is 6.04 Å². The van der Waals surface area contributed by atoms with Gasteiger partial charge in [0, 0.05) is 18.3 Å². The van der Waals surface area contributed by atoms with Crippen molar-refractivity contribution >= 4 is 0 Å². The fourth-order valence-corrected chi connectivity index (χ4v) is 1.55. The smallest absolute Gasteiger partial charge is 0.212 e. The molecule has 4 nitrogen and oxygen atoms in total. The number of nitrogens with zero attached hydrogens (tertiary/aromatic N) is 1. The van der Waals surface area contributed by atoms with Gasteiger partial charge in [-0.25, -0.2) is 4.98 Å². The van der Waals surface area contributed by atoms with Gasteiger partial charge in [0.25, 0.3) is 0 Å². The molecular weight excluding hydrogens is 202 g/mol. The number of nitrogens with one attached hydrogen (secondary N) is 1. The van der Waals surface area contributed by atoms with Crippen LogP contribution in [0.1, 0.15) is 18.9 Å². The number of nitrogens with two attached hydrogens (primary N) is 1. The Kier molecular flexibility index (Phi) is 4.95. The third kappa shape index (κ3) is 4.00. The lowest BCUT2D eigenvalue weighted by molar-refractivity contribution is 0.397. The van der Waals surface area contributed by atoms with Crippen LogP contribution in [0.5, 0.6) is 5.88 Å². The van der Waals surface area contributed by atoms with Crippen LogP contribution in [0.25, 0.3) is 0 Å². The molecule has 1 atom stereocenters. The van der Waals surface area contributed by atoms with Crippen LogP contribution in [0.15, 0.2) is 30.5 Å². The summed E-state index contributed by atoms with van der Waals surface area (Å²) in [5.74, 6) is 6.11. The van der Waals surface area contributed by atoms with Crippen LogP contribution in [-0.4, -0.2) is 18.1 Å². The first-order valence-electron chi connectivity index (χ1n) is 5.25. The first kappa shape index (κ1) is 12.7. The Labute approximate surface area is 96.5 Å². The Hall–Kier alpha value is -1.39. The van der Waals surface area contributed by atoms with Crippen LogP contribution in [0, 0.1) is 0 Å². The zero-order valence-corrected chi connectivity index (χ0v) is 9.86. The molecule has 0 aliphatic carbocycles. The zero-order valence-electron chi connectivity index (χ0n) is 9.86. The van der Waals surface area contributed by atoms with E-state index in [9.17, 15) is 0 Å². The normalized spacial score (nSPS) is 12.2. The van der Waals surface area contributed by atoms with Crippen molar-refractivity contribution in [3.8, 4) is 5.88 Å². The SMILES string of the molecule is C=C(C)CC(Cc1ccc(OC)nc1)NN. The van der Waals surface area contributed by atoms with E-state index in [1.54, 1.807) is 7.11 Å². The second-order valence-corrected chi connectivity index (χ2v) is 3.94. The van der Waals surface area contributed by atoms with Crippen molar-refractivity contribution in [1.82, 2.24) is 10.4 Å². The topological polar surface area (TPSA) is 60.2 Å². The number of rotatable bonds is 6. The molecule has 1 rings (SSSR count). The van der Waals surface area contributed by atoms with Gasteiger partial charge in [-0.1, -0.05) is 11.6 Å². The van der Waals surface area contributed by atoms with E-state index >= 15 is 0 Å². The van der Waals surface area contributed by atoms with Gasteiger partial charge in [-0.2, -0.15) is 0 Å². The minimum Gasteiger partial charge on any atom is -0.481 e. The van der Waals surface area contributed by atoms with E-state index in [0.717, 1.165) is 24.0 Å². The maximum atomic E-state index is 5.49. The van der Waals surface area contributed by atoms with Crippen LogP contribution in [0.2, 0.25) is 0 Å². The van der Waals surface area contributed by atoms with Gasteiger partial charge in [-0.05, 0) is 25.3 Å². The van der Waals surface area contributed by atoms with Crippen LogP contribution in [0.4, 0.5) is 0 Å². The number of hydrogen-bond acceptors (Lipinski definition) is 4. The minimum atomic E-state index is 0.202. The van der Waals surface area contributed by atoms with E-state index in [1.165, 1.54) is 0 Å². The van der Waals surface area contributed by atoms with Crippen molar-refractivity contribution in [3.63, 3.8) is 0 Å². The average Bonchev–Trinajstić information content (AvgIpc) is 2.28. The summed E-state index contributed by atoms with van der Waals surface area (Å²) in [5, 5.41) is 0. The monoisotopic (exact) mass is 221 g/mol. The number of methoxy groups -OCH3 is 1. The van der Waals surface area contributed by atoms with E-state index in [4.69, 9.17) is 10.6 Å². The average molecular weight is 221 g/mol. The van der Waals surface area contributed by atoms with Gasteiger partial charge in [0.05, 0.1) is 7.11 Å². The highest BCUT2D eigenvalue weighted by molar-refractivity contribution is 5.19. The second-order valence-electron chi connectivity index (χ2n) is 3.94. The van der Waals surface area contributed by atoms with Gasteiger partial charge in [0.2, 0.25) is 5.88 Å². The number of pyridine rings is 1. The largest absolute Gasteiger partial charge is 0.481 e. The fourth-order valence-electron chi connectivity index (χ4n) is 1.55. The summed E-state index contributed by atoms with van der Waals surface area (Å²) in [6.45, 7) is 5.88. The molecule has 1 unspecified atom stereocenters. The van der Waals surface area contributed by atoms with Gasteiger partial charge in [0.15, 0.2) is 0 Å². The Bertz CT molecular complexity index is 335. The number of ether oxygens (including phenoxy) is 1. The van der Waals surface area contributed by atoms with Crippen molar-refractivity contribution in [1.29, 1.82) is 0 Å². The molecule has 1 aromatic heterocycles. The summed E-state index contributed by atoms with van der Waals surface area (Å²) in [4.78, 5) is 4.15. The van der Waals surface area contributed by atoms with Gasteiger partial charge in [-0.3, -0.25) is 11.3 Å². The van der Waals surface area contributed by atoms with E-state index in [2.05, 4.69) is 17.0 Å². The quantitative estimate of drug-likeness (QED) is 0.433. The molecule has 1 heterocycles. The molecule has 0 aromatic carbocycles. The van der Waals surface area contributed by atoms with E-state index in [0.29, 0.717) is 5.88 Å². The van der Waals surface area contributed by atoms with E-state index in [1.807, 2.05) is 25.3 Å². The third-order valence-corrected chi connectivity index (χ3v) is 2.32. The molecule has 0 spiro atoms. The molecule has 0 saturated heterocycles. The van der Waals surface area contributed by atoms with Crippen LogP contribution in [-0.2, 0) is 6.42 Å². The molecule has 0 radical (unpaired) electrons. The van der Waals surface area contributed by atoms with Crippen molar-refractivity contribution < 1.29 is 4.74 Å². The highest BCUT2D eigenvalue weighted by Gasteiger charge is 2.08. The molecule has 0 aliphatic rings. The fraction of sp³-hybridized carbons (Fsp3) is 0.417. The molecular formula is C12H19N3O. The molecule has 0 bridgehead atoms. The molecule has 1 aromatic rings. The highest BCUT2D eigenvalue weighted by Crippen LogP contribution is 2.11. The molecule has 88 valence electrons. The number of aromatic nitrogens is 1. The molecule has 3 N–H and O–H groups in total. The maximum absolute atomic E-state index is 5.49. The molecule has 0 fully saturated rings. The van der Waals surface area contributed by atoms with Crippen LogP contribution >= 0.6 is 0 Å². The van der Waals surface area contributed by atoms with Gasteiger partial charge >= 0.3 is 0 Å². The molecule has 0 aliphatic heterocycles. The summed E-state index contributed by atoms with van der Waals surface area (Å²) in [6, 6.07) is 4.05. The summed E-state index contributed by atoms with van der Waals surface area (Å²) >= 11 is 0. The summed E-state index contributed by atoms with van der Waals surface area (Å²) < 4.78 is 5.00. The number of hydrazine groups is 1. The lowest BCUT2D eigenvalue weighted by Gasteiger charge is -2.15. The standard InChI is InChI=1S/C12H19N3O/c1-9(2)6-11(15-13)7-10-4-5-12(16-3)14-8-10/h4-5,8,11,15H,1,6-7,13H2,2-3H3. The van der Waals surface area contributed by atoms with Crippen LogP contribution in [0.3, 0.4) is 0 Å². The van der Waals surface area contributed by atoms with Crippen molar-refractivity contribution in [2.24, 2.45) is 5.84 Å². The van der Waals surface area contributed by atoms with Gasteiger partial charge in [-0.15, -0.1) is 6.58 Å². The number of hydrogen-bond donors (Lipinski definition) is 2. The zero-order chi connectivity index (χ0) is 12.0. The molecule has 0 amide bonds. The summed E-state index contributed by atoms with van der Waals surface area (Å²) in [7, 11) is 1.60. The van der Waals surface area contributed by atoms with Gasteiger partial charge < -0.3 is 4.74 Å². The predicted molar refractivity (Wildman–Crippen MR) is 65.0 cm³/mol. The first-order valence-corrected chi connectivity index (χ1v) is 5.25. The predicted octanol–water partition coefficient (Wildman–Crippen LogP) is 1.43. The Balaban J connectivity index is 2.59. The van der Waals surface area contributed by atoms with Crippen LogP contribution < -0.4 is 16.0 Å². The minimum absolute atomic E-state index is 0.202. The summed E-state index contributed by atoms with van der Waals surface area (Å²) in [6.07, 6.45) is 3.50. The van der Waals surface area contributed by atoms with E-state index < -0.39 is 0 Å². The molecule has 4 heteroatoms. The molecule has 0 saturated carbocycles. The Morgan fingerprint density at radius 2 is 2.38 bits per heavy atom. The lowest BCUT2D eigenvalue weighted by Crippen LogP contribution is -2.36. The maximum Gasteiger partial charge on any atom is 0.212 e. The lowest BCUT2D eigenvalue weighted by atomic mass is 10.0. The molecule has 16 heavy (non-hydrogen) atoms. The van der Waals surface area contributed by atoms with Crippen molar-refractivity contribution in [2.45, 2.75) is 25.8 Å². The van der Waals surface area contributed by atoms with Gasteiger partial charge in [0.1, 0.15) is 0 Å².